The third-order valence-corrected chi connectivity index (χ3v) is 11.5. The highest BCUT2D eigenvalue weighted by Crippen LogP contribution is 2.44. The van der Waals surface area contributed by atoms with Gasteiger partial charge in [-0.25, -0.2) is 4.98 Å². The number of aromatic nitrogens is 4. The first-order chi connectivity index (χ1) is 27.8. The molecule has 238 valence electrons. The lowest BCUT2D eigenvalue weighted by molar-refractivity contribution is 0.954. The maximum atomic E-state index is 9.68. The molecular formula is C45H26N4S2. The molecule has 7 aromatic carbocycles. The lowest BCUT2D eigenvalue weighted by Gasteiger charge is -2.11. The van der Waals surface area contributed by atoms with Crippen LogP contribution in [0.15, 0.2) is 158 Å². The van der Waals surface area contributed by atoms with Gasteiger partial charge in [0.1, 0.15) is 0 Å². The van der Waals surface area contributed by atoms with Gasteiger partial charge in [0, 0.05) is 62.2 Å². The van der Waals surface area contributed by atoms with Crippen molar-refractivity contribution < 1.29 is 8.22 Å². The maximum Gasteiger partial charge on any atom is 0.238 e. The first-order valence-corrected chi connectivity index (χ1v) is 18.1. The molecule has 51 heavy (non-hydrogen) atoms. The first-order valence-electron chi connectivity index (χ1n) is 19.5. The van der Waals surface area contributed by atoms with E-state index in [2.05, 4.69) is 42.5 Å². The van der Waals surface area contributed by atoms with E-state index < -0.39 is 0 Å². The number of benzene rings is 7. The normalized spacial score (nSPS) is 13.6. The van der Waals surface area contributed by atoms with Crippen LogP contribution in [0.3, 0.4) is 0 Å². The fraction of sp³-hybridized carbons (Fsp3) is 0. The van der Waals surface area contributed by atoms with Crippen molar-refractivity contribution in [3.05, 3.63) is 158 Å². The van der Waals surface area contributed by atoms with Crippen molar-refractivity contribution in [3.63, 3.8) is 0 Å². The maximum absolute atomic E-state index is 9.68. The molecule has 0 amide bonds. The van der Waals surface area contributed by atoms with Crippen molar-refractivity contribution >= 4 is 84.8 Å². The predicted octanol–water partition coefficient (Wildman–Crippen LogP) is 12.7. The number of thiophene rings is 2. The van der Waals surface area contributed by atoms with E-state index in [1.54, 1.807) is 11.3 Å². The molecule has 0 aliphatic heterocycles. The molecule has 0 spiro atoms. The van der Waals surface area contributed by atoms with Gasteiger partial charge < -0.3 is 0 Å². The molecule has 0 unspecified atom stereocenters. The van der Waals surface area contributed by atoms with E-state index in [1.165, 1.54) is 14.8 Å². The SMILES string of the molecule is [2H]c1c([2H])c(-c2ccccc2)c2c(sc3c([2H])c(-c4nc(-c5ccccc5)nc(-n5c6ccccc6c6c7c(ccc65)sc5ccccc57)n4)c([2H])c([2H])c32)c1[2H]. The molecule has 11 aromatic rings. The molecule has 0 bridgehead atoms. The van der Waals surface area contributed by atoms with Crippen molar-refractivity contribution in [2.24, 2.45) is 0 Å². The van der Waals surface area contributed by atoms with E-state index in [1.807, 2.05) is 83.4 Å². The minimum atomic E-state index is -0.246. The summed E-state index contributed by atoms with van der Waals surface area (Å²) >= 11 is 2.89. The topological polar surface area (TPSA) is 43.6 Å². The molecule has 4 heterocycles. The van der Waals surface area contributed by atoms with Gasteiger partial charge in [0.05, 0.1) is 19.3 Å². The van der Waals surface area contributed by atoms with Gasteiger partial charge in [-0.15, -0.1) is 22.7 Å². The minimum Gasteiger partial charge on any atom is -0.278 e. The lowest BCUT2D eigenvalue weighted by Crippen LogP contribution is -2.06. The summed E-state index contributed by atoms with van der Waals surface area (Å²) in [6.45, 7) is 0. The standard InChI is InChI=1S/C45H26N4S2/c1-3-12-27(13-4-1)30-18-11-21-37-40(30)33-23-22-29(26-39(33)51-37)44-46-43(28-14-5-2-6-15-28)47-45(48-44)49-34-19-9-7-16-31(34)41-35(49)24-25-38-42(41)32-17-8-10-20-36(32)50-38/h1-26H/i11D,18D,21D,22D,23D,26D. The van der Waals surface area contributed by atoms with E-state index >= 15 is 0 Å². The molecule has 0 saturated heterocycles. The molecule has 4 aromatic heterocycles. The highest BCUT2D eigenvalue weighted by Gasteiger charge is 2.21. The van der Waals surface area contributed by atoms with Crippen molar-refractivity contribution in [2.75, 3.05) is 0 Å². The predicted molar refractivity (Wildman–Crippen MR) is 216 cm³/mol. The molecule has 0 fully saturated rings. The molecule has 11 rings (SSSR count). The van der Waals surface area contributed by atoms with Crippen LogP contribution in [0.1, 0.15) is 8.22 Å². The summed E-state index contributed by atoms with van der Waals surface area (Å²) in [5, 5.41) is 5.19. The Morgan fingerprint density at radius 1 is 0.451 bits per heavy atom. The Kier molecular flexibility index (Phi) is 5.08. The zero-order chi connectivity index (χ0) is 38.7. The Morgan fingerprint density at radius 2 is 1.16 bits per heavy atom. The Bertz CT molecular complexity index is 3490. The van der Waals surface area contributed by atoms with Crippen LogP contribution in [-0.2, 0) is 0 Å². The van der Waals surface area contributed by atoms with E-state index in [4.69, 9.17) is 19.1 Å². The minimum absolute atomic E-state index is 0.0616. The quantitative estimate of drug-likeness (QED) is 0.184. The average molecular weight is 693 g/mol. The molecule has 0 atom stereocenters. The summed E-state index contributed by atoms with van der Waals surface area (Å²) in [5.41, 5.74) is 3.64. The second kappa shape index (κ2) is 11.2. The van der Waals surface area contributed by atoms with E-state index in [0.29, 0.717) is 43.1 Å². The number of nitrogens with zero attached hydrogens (tertiary/aromatic N) is 4. The van der Waals surface area contributed by atoms with Crippen LogP contribution in [0.4, 0.5) is 0 Å². The number of fused-ring (bicyclic) bond motifs is 10. The van der Waals surface area contributed by atoms with Crippen LogP contribution in [0.2, 0.25) is 0 Å². The largest absolute Gasteiger partial charge is 0.278 e. The van der Waals surface area contributed by atoms with Gasteiger partial charge in [-0.1, -0.05) is 121 Å². The second-order valence-electron chi connectivity index (χ2n) is 12.3. The van der Waals surface area contributed by atoms with Gasteiger partial charge in [-0.2, -0.15) is 9.97 Å². The Balaban J connectivity index is 1.24. The molecule has 4 nitrogen and oxygen atoms in total. The fourth-order valence-electron chi connectivity index (χ4n) is 7.16. The van der Waals surface area contributed by atoms with Gasteiger partial charge in [-0.05, 0) is 47.5 Å². The van der Waals surface area contributed by atoms with Gasteiger partial charge >= 0.3 is 0 Å². The Labute approximate surface area is 309 Å². The van der Waals surface area contributed by atoms with Crippen molar-refractivity contribution in [1.29, 1.82) is 0 Å². The summed E-state index contributed by atoms with van der Waals surface area (Å²) in [4.78, 5) is 15.0. The van der Waals surface area contributed by atoms with Gasteiger partial charge in [-0.3, -0.25) is 4.57 Å². The third-order valence-electron chi connectivity index (χ3n) is 9.39. The summed E-state index contributed by atoms with van der Waals surface area (Å²) < 4.78 is 60.3. The van der Waals surface area contributed by atoms with Gasteiger partial charge in [0.25, 0.3) is 0 Å². The molecule has 0 aliphatic carbocycles. The van der Waals surface area contributed by atoms with Crippen LogP contribution in [0.25, 0.3) is 102 Å². The number of para-hydroxylation sites is 1. The Hall–Kier alpha value is -6.21. The summed E-state index contributed by atoms with van der Waals surface area (Å²) in [6, 6.07) is 38.6. The van der Waals surface area contributed by atoms with E-state index in [9.17, 15) is 4.11 Å². The fourth-order valence-corrected chi connectivity index (χ4v) is 9.30. The van der Waals surface area contributed by atoms with Crippen LogP contribution < -0.4 is 0 Å². The second-order valence-corrected chi connectivity index (χ2v) is 14.4. The smallest absolute Gasteiger partial charge is 0.238 e. The molecular weight excluding hydrogens is 661 g/mol. The average Bonchev–Trinajstić information content (AvgIpc) is 3.93. The number of rotatable bonds is 4. The van der Waals surface area contributed by atoms with Crippen LogP contribution in [0.5, 0.6) is 0 Å². The summed E-state index contributed by atoms with van der Waals surface area (Å²) in [7, 11) is 0. The molecule has 0 aliphatic rings. The third kappa shape index (κ3) is 4.40. The van der Waals surface area contributed by atoms with E-state index in [0.717, 1.165) is 44.1 Å². The molecule has 0 saturated carbocycles. The van der Waals surface area contributed by atoms with Gasteiger partial charge in [0.2, 0.25) is 5.95 Å². The first kappa shape index (κ1) is 23.2. The van der Waals surface area contributed by atoms with Crippen LogP contribution >= 0.6 is 22.7 Å². The molecule has 0 N–H and O–H groups in total. The van der Waals surface area contributed by atoms with E-state index in [-0.39, 0.29) is 47.6 Å². The number of hydrogen-bond acceptors (Lipinski definition) is 5. The zero-order valence-electron chi connectivity index (χ0n) is 32.7. The van der Waals surface area contributed by atoms with Gasteiger partial charge in [0.15, 0.2) is 11.6 Å². The number of hydrogen-bond donors (Lipinski definition) is 0. The molecule has 6 heteroatoms. The zero-order valence-corrected chi connectivity index (χ0v) is 28.3. The van der Waals surface area contributed by atoms with Crippen LogP contribution in [-0.4, -0.2) is 19.5 Å². The van der Waals surface area contributed by atoms with Crippen molar-refractivity contribution in [1.82, 2.24) is 19.5 Å². The van der Waals surface area contributed by atoms with Crippen molar-refractivity contribution in [2.45, 2.75) is 0 Å². The highest BCUT2D eigenvalue weighted by atomic mass is 32.1. The summed E-state index contributed by atoms with van der Waals surface area (Å²) in [5.74, 6) is 0.734. The highest BCUT2D eigenvalue weighted by molar-refractivity contribution is 7.26. The lowest BCUT2D eigenvalue weighted by atomic mass is 9.99. The Morgan fingerprint density at radius 3 is 2.00 bits per heavy atom. The van der Waals surface area contributed by atoms with Crippen LogP contribution in [0, 0.1) is 0 Å². The monoisotopic (exact) mass is 692 g/mol. The summed E-state index contributed by atoms with van der Waals surface area (Å²) in [6.07, 6.45) is 0. The van der Waals surface area contributed by atoms with Crippen molar-refractivity contribution in [3.8, 4) is 39.9 Å². The molecule has 0 radical (unpaired) electrons.